The predicted octanol–water partition coefficient (Wildman–Crippen LogP) is 8.03. The van der Waals surface area contributed by atoms with E-state index in [2.05, 4.69) is 28.5 Å². The van der Waals surface area contributed by atoms with Gasteiger partial charge in [0, 0.05) is 49.2 Å². The molecule has 0 radical (unpaired) electrons. The van der Waals surface area contributed by atoms with Crippen molar-refractivity contribution in [2.45, 2.75) is 64.6 Å². The number of ether oxygens (including phenoxy) is 3. The Hall–Kier alpha value is -5.36. The van der Waals surface area contributed by atoms with Crippen molar-refractivity contribution in [1.29, 1.82) is 0 Å². The van der Waals surface area contributed by atoms with E-state index in [-0.39, 0.29) is 18.1 Å². The molecular weight excluding hydrogens is 656 g/mol. The van der Waals surface area contributed by atoms with Gasteiger partial charge in [-0.05, 0) is 88.1 Å². The lowest BCUT2D eigenvalue weighted by Gasteiger charge is -2.38. The Labute approximate surface area is 295 Å². The molecule has 1 aliphatic heterocycles. The lowest BCUT2D eigenvalue weighted by atomic mass is 9.88. The SMILES string of the molecule is COc1ccc(CNc2ncnc3c2c(C2CCC(C)N(C(=O)OC(C)(C)C)C2)cn3-c2ccc(Oc3ccn4ncnc4c3)c(Cl)c2)cc1. The van der Waals surface area contributed by atoms with Crippen molar-refractivity contribution in [3.8, 4) is 22.9 Å². The van der Waals surface area contributed by atoms with E-state index in [0.29, 0.717) is 41.1 Å². The second kappa shape index (κ2) is 13.5. The highest BCUT2D eigenvalue weighted by atomic mass is 35.5. The number of nitrogens with zero attached hydrogens (tertiary/aromatic N) is 7. The maximum Gasteiger partial charge on any atom is 0.410 e. The number of likely N-dealkylation sites (tertiary alicyclic amines) is 1. The number of hydrogen-bond acceptors (Lipinski definition) is 9. The third-order valence-corrected chi connectivity index (χ3v) is 9.15. The van der Waals surface area contributed by atoms with Crippen molar-refractivity contribution >= 4 is 40.2 Å². The number of hydrogen-bond donors (Lipinski definition) is 1. The Balaban J connectivity index is 1.25. The lowest BCUT2D eigenvalue weighted by Crippen LogP contribution is -2.47. The Morgan fingerprint density at radius 2 is 1.82 bits per heavy atom. The smallest absolute Gasteiger partial charge is 0.410 e. The highest BCUT2D eigenvalue weighted by Crippen LogP contribution is 2.40. The molecule has 1 amide bonds. The van der Waals surface area contributed by atoms with E-state index in [1.165, 1.54) is 6.33 Å². The Morgan fingerprint density at radius 1 is 1.00 bits per heavy atom. The zero-order valence-electron chi connectivity index (χ0n) is 28.6. The topological polar surface area (TPSA) is 121 Å². The molecule has 2 unspecified atom stereocenters. The van der Waals surface area contributed by atoms with Gasteiger partial charge >= 0.3 is 6.09 Å². The zero-order valence-corrected chi connectivity index (χ0v) is 29.4. The molecule has 1 aliphatic rings. The van der Waals surface area contributed by atoms with Crippen LogP contribution in [0.2, 0.25) is 5.02 Å². The van der Waals surface area contributed by atoms with Crippen molar-refractivity contribution in [2.75, 3.05) is 19.0 Å². The minimum atomic E-state index is -0.593. The Bertz CT molecular complexity index is 2160. The standard InChI is InChI=1S/C37H39ClN8O4/c1-23-6-9-25(19-44(23)36(47)50-37(2,3)4)29-20-45(35-33(29)34(41-21-42-35)39-18-24-7-11-27(48-5)12-8-24)26-10-13-31(30(38)16-26)49-28-14-15-46-32(17-28)40-22-43-46/h7-8,10-17,20-23,25H,6,9,18-19H2,1-5H3,(H,39,41,42). The molecule has 12 nitrogen and oxygen atoms in total. The average molecular weight is 695 g/mol. The van der Waals surface area contributed by atoms with Crippen LogP contribution in [-0.4, -0.2) is 65.4 Å². The third-order valence-electron chi connectivity index (χ3n) is 8.85. The number of pyridine rings is 1. The van der Waals surface area contributed by atoms with E-state index in [0.717, 1.165) is 46.4 Å². The summed E-state index contributed by atoms with van der Waals surface area (Å²) in [7, 11) is 1.65. The molecule has 0 spiro atoms. The zero-order chi connectivity index (χ0) is 35.0. The van der Waals surface area contributed by atoms with E-state index in [1.54, 1.807) is 36.3 Å². The first-order valence-electron chi connectivity index (χ1n) is 16.6. The van der Waals surface area contributed by atoms with E-state index in [1.807, 2.05) is 72.7 Å². The number of nitrogens with one attached hydrogen (secondary N) is 1. The van der Waals surface area contributed by atoms with E-state index >= 15 is 0 Å². The fourth-order valence-electron chi connectivity index (χ4n) is 6.30. The number of piperidine rings is 1. The summed E-state index contributed by atoms with van der Waals surface area (Å²) in [6.45, 7) is 8.79. The molecule has 1 fully saturated rings. The summed E-state index contributed by atoms with van der Waals surface area (Å²) in [6.07, 6.45) is 8.34. The molecule has 0 saturated carbocycles. The van der Waals surface area contributed by atoms with Gasteiger partial charge in [0.1, 0.15) is 47.0 Å². The molecule has 1 N–H and O–H groups in total. The van der Waals surface area contributed by atoms with Crippen molar-refractivity contribution in [2.24, 2.45) is 0 Å². The molecule has 50 heavy (non-hydrogen) atoms. The molecule has 0 bridgehead atoms. The molecule has 0 aliphatic carbocycles. The summed E-state index contributed by atoms with van der Waals surface area (Å²) >= 11 is 6.84. The van der Waals surface area contributed by atoms with Gasteiger partial charge in [-0.2, -0.15) is 5.10 Å². The van der Waals surface area contributed by atoms with Crippen molar-refractivity contribution in [3.63, 3.8) is 0 Å². The van der Waals surface area contributed by atoms with Crippen LogP contribution in [0.15, 0.2) is 79.6 Å². The average Bonchev–Trinajstić information content (AvgIpc) is 3.73. The van der Waals surface area contributed by atoms with E-state index in [4.69, 9.17) is 35.8 Å². The lowest BCUT2D eigenvalue weighted by molar-refractivity contribution is 0.00973. The molecule has 2 aromatic carbocycles. The highest BCUT2D eigenvalue weighted by molar-refractivity contribution is 6.32. The number of carbonyl (C=O) groups is 1. The van der Waals surface area contributed by atoms with Crippen LogP contribution in [-0.2, 0) is 11.3 Å². The highest BCUT2D eigenvalue weighted by Gasteiger charge is 2.35. The maximum atomic E-state index is 13.3. The van der Waals surface area contributed by atoms with Gasteiger partial charge in [-0.15, -0.1) is 0 Å². The number of carbonyl (C=O) groups excluding carboxylic acids is 1. The summed E-state index contributed by atoms with van der Waals surface area (Å²) in [6, 6.07) is 17.2. The second-order valence-corrected chi connectivity index (χ2v) is 13.9. The number of methoxy groups -OCH3 is 1. The first kappa shape index (κ1) is 33.2. The van der Waals surface area contributed by atoms with Crippen molar-refractivity contribution in [3.05, 3.63) is 95.8 Å². The van der Waals surface area contributed by atoms with Crippen LogP contribution in [0.1, 0.15) is 57.6 Å². The number of amides is 1. The summed E-state index contributed by atoms with van der Waals surface area (Å²) in [5.41, 5.74) is 3.71. The molecule has 6 aromatic rings. The number of anilines is 1. The predicted molar refractivity (Wildman–Crippen MR) is 192 cm³/mol. The number of rotatable bonds is 8. The summed E-state index contributed by atoms with van der Waals surface area (Å²) in [5, 5.41) is 9.01. The van der Waals surface area contributed by atoms with Gasteiger partial charge in [0.25, 0.3) is 0 Å². The first-order valence-corrected chi connectivity index (χ1v) is 16.9. The van der Waals surface area contributed by atoms with E-state index in [9.17, 15) is 4.79 Å². The molecule has 258 valence electrons. The fourth-order valence-corrected chi connectivity index (χ4v) is 6.52. The number of benzene rings is 2. The third kappa shape index (κ3) is 6.88. The normalized spacial score (nSPS) is 16.5. The first-order chi connectivity index (χ1) is 24.1. The van der Waals surface area contributed by atoms with Gasteiger partial charge in [-0.1, -0.05) is 23.7 Å². The fraction of sp³-hybridized carbons (Fsp3) is 0.324. The quantitative estimate of drug-likeness (QED) is 0.169. The van der Waals surface area contributed by atoms with Gasteiger partial charge in [0.05, 0.1) is 17.5 Å². The van der Waals surface area contributed by atoms with Crippen LogP contribution in [0.3, 0.4) is 0 Å². The number of halogens is 1. The summed E-state index contributed by atoms with van der Waals surface area (Å²) in [4.78, 5) is 28.9. The van der Waals surface area contributed by atoms with Crippen molar-refractivity contribution < 1.29 is 19.0 Å². The Kier molecular flexibility index (Phi) is 8.96. The molecule has 4 aromatic heterocycles. The van der Waals surface area contributed by atoms with Gasteiger partial charge < -0.3 is 29.0 Å². The molecule has 1 saturated heterocycles. The molecule has 13 heteroatoms. The van der Waals surface area contributed by atoms with E-state index < -0.39 is 5.60 Å². The van der Waals surface area contributed by atoms with Crippen LogP contribution < -0.4 is 14.8 Å². The molecule has 5 heterocycles. The number of fused-ring (bicyclic) bond motifs is 2. The van der Waals surface area contributed by atoms with Gasteiger partial charge in [-0.3, -0.25) is 0 Å². The van der Waals surface area contributed by atoms with Gasteiger partial charge in [0.2, 0.25) is 0 Å². The molecule has 7 rings (SSSR count). The minimum absolute atomic E-state index is 0.0140. The van der Waals surface area contributed by atoms with Crippen LogP contribution in [0.25, 0.3) is 22.4 Å². The largest absolute Gasteiger partial charge is 0.497 e. The van der Waals surface area contributed by atoms with Crippen LogP contribution in [0.4, 0.5) is 10.6 Å². The Morgan fingerprint density at radius 3 is 2.58 bits per heavy atom. The maximum absolute atomic E-state index is 13.3. The molecule has 2 atom stereocenters. The second-order valence-electron chi connectivity index (χ2n) is 13.5. The van der Waals surface area contributed by atoms with Crippen LogP contribution in [0, 0.1) is 0 Å². The van der Waals surface area contributed by atoms with Crippen LogP contribution >= 0.6 is 11.6 Å². The summed E-state index contributed by atoms with van der Waals surface area (Å²) < 4.78 is 21.0. The van der Waals surface area contributed by atoms with Crippen LogP contribution in [0.5, 0.6) is 17.2 Å². The summed E-state index contributed by atoms with van der Waals surface area (Å²) in [5.74, 6) is 2.61. The van der Waals surface area contributed by atoms with Gasteiger partial charge in [0.15, 0.2) is 5.65 Å². The van der Waals surface area contributed by atoms with Gasteiger partial charge in [-0.25, -0.2) is 24.3 Å². The molecular formula is C37H39ClN8O4. The van der Waals surface area contributed by atoms with Crippen molar-refractivity contribution in [1.82, 2.24) is 34.0 Å². The monoisotopic (exact) mass is 694 g/mol. The number of aromatic nitrogens is 6. The minimum Gasteiger partial charge on any atom is -0.497 e.